The highest BCUT2D eigenvalue weighted by Crippen LogP contribution is 2.27. The molecule has 7 heteroatoms. The van der Waals surface area contributed by atoms with Crippen LogP contribution in [0.25, 0.3) is 0 Å². The van der Waals surface area contributed by atoms with Crippen molar-refractivity contribution in [2.75, 3.05) is 13.1 Å². The molecule has 1 fully saturated rings. The lowest BCUT2D eigenvalue weighted by atomic mass is 9.94. The van der Waals surface area contributed by atoms with Gasteiger partial charge < -0.3 is 5.32 Å². The van der Waals surface area contributed by atoms with Crippen molar-refractivity contribution >= 4 is 27.5 Å². The Labute approximate surface area is 184 Å². The molecule has 0 radical (unpaired) electrons. The molecule has 1 heterocycles. The van der Waals surface area contributed by atoms with Crippen LogP contribution in [-0.4, -0.2) is 37.3 Å². The second-order valence-electron chi connectivity index (χ2n) is 8.73. The Morgan fingerprint density at radius 2 is 1.77 bits per heavy atom. The molecular formula is C23H29ClN2O3S. The van der Waals surface area contributed by atoms with Gasteiger partial charge in [-0.15, -0.1) is 0 Å². The van der Waals surface area contributed by atoms with Crippen LogP contribution in [-0.2, 0) is 16.4 Å². The summed E-state index contributed by atoms with van der Waals surface area (Å²) in [5.74, 6) is 0.139. The molecule has 1 N–H and O–H groups in total. The fourth-order valence-corrected chi connectivity index (χ4v) is 5.44. The van der Waals surface area contributed by atoms with Crippen molar-refractivity contribution in [3.8, 4) is 0 Å². The Kier molecular flexibility index (Phi) is 6.90. The minimum absolute atomic E-state index is 0.104. The molecule has 0 aromatic heterocycles. The number of hydrogen-bond donors (Lipinski definition) is 1. The Morgan fingerprint density at radius 3 is 2.40 bits per heavy atom. The summed E-state index contributed by atoms with van der Waals surface area (Å²) in [5, 5.41) is 3.22. The number of hydrogen-bond acceptors (Lipinski definition) is 3. The number of carbonyl (C=O) groups excluding carboxylic acids is 1. The van der Waals surface area contributed by atoms with Gasteiger partial charge in [-0.05, 0) is 62.8 Å². The maximum Gasteiger partial charge on any atom is 0.253 e. The molecular weight excluding hydrogens is 420 g/mol. The lowest BCUT2D eigenvalue weighted by Gasteiger charge is -2.29. The Balaban J connectivity index is 1.80. The standard InChI is InChI=1S/C23H29ClN2O3S/c1-17-11-13-26(14-12-17)30(28,29)19-9-10-21(24)20(15-19)22(27)25-23(2,3)16-18-7-5-4-6-8-18/h4-10,15,17H,11-14,16H2,1-3H3,(H,25,27). The van der Waals surface area contributed by atoms with Crippen molar-refractivity contribution in [3.63, 3.8) is 0 Å². The molecule has 0 atom stereocenters. The SMILES string of the molecule is CC1CCN(S(=O)(=O)c2ccc(Cl)c(C(=O)NC(C)(C)Cc3ccccc3)c2)CC1. The van der Waals surface area contributed by atoms with E-state index in [1.165, 1.54) is 22.5 Å². The number of nitrogens with one attached hydrogen (secondary N) is 1. The third-order valence-electron chi connectivity index (χ3n) is 5.50. The molecule has 0 aliphatic carbocycles. The summed E-state index contributed by atoms with van der Waals surface area (Å²) in [7, 11) is -3.66. The van der Waals surface area contributed by atoms with Gasteiger partial charge in [-0.2, -0.15) is 4.31 Å². The second kappa shape index (κ2) is 9.08. The molecule has 2 aromatic rings. The average molecular weight is 449 g/mol. The van der Waals surface area contributed by atoms with Crippen LogP contribution in [0.15, 0.2) is 53.4 Å². The van der Waals surface area contributed by atoms with Crippen LogP contribution in [0.1, 0.15) is 49.5 Å². The molecule has 162 valence electrons. The number of piperidine rings is 1. The van der Waals surface area contributed by atoms with Crippen LogP contribution in [0.3, 0.4) is 0 Å². The summed E-state index contributed by atoms with van der Waals surface area (Å²) in [6.45, 7) is 6.99. The number of halogens is 1. The van der Waals surface area contributed by atoms with E-state index in [4.69, 9.17) is 11.6 Å². The summed E-state index contributed by atoms with van der Waals surface area (Å²) >= 11 is 6.27. The molecule has 0 unspecified atom stereocenters. The number of nitrogens with zero attached hydrogens (tertiary/aromatic N) is 1. The summed E-state index contributed by atoms with van der Waals surface area (Å²) in [4.78, 5) is 13.1. The van der Waals surface area contributed by atoms with E-state index in [0.29, 0.717) is 25.4 Å². The lowest BCUT2D eigenvalue weighted by Crippen LogP contribution is -2.45. The molecule has 30 heavy (non-hydrogen) atoms. The van der Waals surface area contributed by atoms with Crippen molar-refractivity contribution in [1.82, 2.24) is 9.62 Å². The van der Waals surface area contributed by atoms with E-state index < -0.39 is 15.6 Å². The van der Waals surface area contributed by atoms with Crippen LogP contribution < -0.4 is 5.32 Å². The topological polar surface area (TPSA) is 66.5 Å². The van der Waals surface area contributed by atoms with E-state index in [1.807, 2.05) is 44.2 Å². The number of sulfonamides is 1. The maximum absolute atomic E-state index is 13.1. The molecule has 3 rings (SSSR count). The smallest absolute Gasteiger partial charge is 0.253 e. The molecule has 1 aliphatic rings. The quantitative estimate of drug-likeness (QED) is 0.706. The van der Waals surface area contributed by atoms with Gasteiger partial charge in [0, 0.05) is 18.6 Å². The van der Waals surface area contributed by atoms with Crippen LogP contribution in [0.4, 0.5) is 0 Å². The van der Waals surface area contributed by atoms with E-state index in [2.05, 4.69) is 12.2 Å². The zero-order valence-electron chi connectivity index (χ0n) is 17.7. The fourth-order valence-electron chi connectivity index (χ4n) is 3.74. The van der Waals surface area contributed by atoms with Gasteiger partial charge in [-0.25, -0.2) is 8.42 Å². The van der Waals surface area contributed by atoms with Gasteiger partial charge in [-0.1, -0.05) is 48.9 Å². The lowest BCUT2D eigenvalue weighted by molar-refractivity contribution is 0.0913. The average Bonchev–Trinajstić information content (AvgIpc) is 2.68. The first-order chi connectivity index (χ1) is 14.1. The Bertz CT molecular complexity index is 998. The third-order valence-corrected chi connectivity index (χ3v) is 7.73. The Morgan fingerprint density at radius 1 is 1.13 bits per heavy atom. The number of rotatable bonds is 6. The van der Waals surface area contributed by atoms with Crippen LogP contribution >= 0.6 is 11.6 Å². The van der Waals surface area contributed by atoms with Gasteiger partial charge in [0.2, 0.25) is 10.0 Å². The molecule has 1 saturated heterocycles. The number of carbonyl (C=O) groups is 1. The van der Waals surface area contributed by atoms with Crippen molar-refractivity contribution in [3.05, 3.63) is 64.7 Å². The molecule has 1 amide bonds. The van der Waals surface area contributed by atoms with Crippen LogP contribution in [0, 0.1) is 5.92 Å². The fraction of sp³-hybridized carbons (Fsp3) is 0.435. The first-order valence-electron chi connectivity index (χ1n) is 10.2. The largest absolute Gasteiger partial charge is 0.347 e. The van der Waals surface area contributed by atoms with E-state index in [0.717, 1.165) is 18.4 Å². The minimum atomic E-state index is -3.66. The Hall–Kier alpha value is -1.89. The van der Waals surface area contributed by atoms with Crippen LogP contribution in [0.5, 0.6) is 0 Å². The highest BCUT2D eigenvalue weighted by atomic mass is 35.5. The molecule has 0 spiro atoms. The highest BCUT2D eigenvalue weighted by Gasteiger charge is 2.30. The summed E-state index contributed by atoms with van der Waals surface area (Å²) in [6, 6.07) is 14.2. The van der Waals surface area contributed by atoms with Crippen LogP contribution in [0.2, 0.25) is 5.02 Å². The van der Waals surface area contributed by atoms with Crippen molar-refractivity contribution in [2.45, 2.75) is 50.5 Å². The van der Waals surface area contributed by atoms with E-state index >= 15 is 0 Å². The normalized spacial score (nSPS) is 16.4. The molecule has 2 aromatic carbocycles. The maximum atomic E-state index is 13.1. The summed E-state index contributed by atoms with van der Waals surface area (Å²) in [5.41, 5.74) is 0.744. The van der Waals surface area contributed by atoms with E-state index in [-0.39, 0.29) is 21.4 Å². The predicted octanol–water partition coefficient (Wildman–Crippen LogP) is 4.51. The zero-order valence-corrected chi connectivity index (χ0v) is 19.3. The van der Waals surface area contributed by atoms with Crippen molar-refractivity contribution in [2.24, 2.45) is 5.92 Å². The number of amides is 1. The first kappa shape index (κ1) is 22.8. The monoisotopic (exact) mass is 448 g/mol. The molecule has 0 saturated carbocycles. The molecule has 0 bridgehead atoms. The van der Waals surface area contributed by atoms with E-state index in [1.54, 1.807) is 0 Å². The van der Waals surface area contributed by atoms with Gasteiger partial charge in [0.1, 0.15) is 0 Å². The second-order valence-corrected chi connectivity index (χ2v) is 11.1. The van der Waals surface area contributed by atoms with Gasteiger partial charge >= 0.3 is 0 Å². The summed E-state index contributed by atoms with van der Waals surface area (Å²) < 4.78 is 27.6. The van der Waals surface area contributed by atoms with Gasteiger partial charge in [0.15, 0.2) is 0 Å². The van der Waals surface area contributed by atoms with Crippen molar-refractivity contribution < 1.29 is 13.2 Å². The molecule has 5 nitrogen and oxygen atoms in total. The first-order valence-corrected chi connectivity index (χ1v) is 12.1. The highest BCUT2D eigenvalue weighted by molar-refractivity contribution is 7.89. The zero-order chi connectivity index (χ0) is 21.9. The molecule has 1 aliphatic heterocycles. The van der Waals surface area contributed by atoms with Gasteiger partial charge in [0.05, 0.1) is 15.5 Å². The van der Waals surface area contributed by atoms with Gasteiger partial charge in [0.25, 0.3) is 5.91 Å². The predicted molar refractivity (Wildman–Crippen MR) is 120 cm³/mol. The third kappa shape index (κ3) is 5.42. The van der Waals surface area contributed by atoms with E-state index in [9.17, 15) is 13.2 Å². The minimum Gasteiger partial charge on any atom is -0.347 e. The van der Waals surface area contributed by atoms with Gasteiger partial charge in [-0.3, -0.25) is 4.79 Å². The van der Waals surface area contributed by atoms with Crippen molar-refractivity contribution in [1.29, 1.82) is 0 Å². The summed E-state index contributed by atoms with van der Waals surface area (Å²) in [6.07, 6.45) is 2.32. The number of benzene rings is 2.